The van der Waals surface area contributed by atoms with Crippen LogP contribution in [-0.2, 0) is 4.79 Å². The molecule has 0 aliphatic carbocycles. The summed E-state index contributed by atoms with van der Waals surface area (Å²) < 4.78 is 0. The maximum Gasteiger partial charge on any atom is 0.220 e. The van der Waals surface area contributed by atoms with Gasteiger partial charge in [0, 0.05) is 13.0 Å². The van der Waals surface area contributed by atoms with Crippen LogP contribution in [0.25, 0.3) is 0 Å². The Morgan fingerprint density at radius 3 is 2.32 bits per heavy atom. The minimum absolute atomic E-state index is 0.200. The molecule has 3 nitrogen and oxygen atoms in total. The van der Waals surface area contributed by atoms with E-state index in [4.69, 9.17) is 5.73 Å². The van der Waals surface area contributed by atoms with Crippen LogP contribution in [0, 0.1) is 11.8 Å². The van der Waals surface area contributed by atoms with Crippen LogP contribution in [0.1, 0.15) is 72.1 Å². The molecule has 0 heterocycles. The van der Waals surface area contributed by atoms with Crippen LogP contribution < -0.4 is 11.1 Å². The molecule has 3 heteroatoms. The van der Waals surface area contributed by atoms with E-state index in [2.05, 4.69) is 26.1 Å². The normalized spacial score (nSPS) is 12.7. The van der Waals surface area contributed by atoms with E-state index in [9.17, 15) is 4.79 Å². The molecule has 0 aromatic heterocycles. The fourth-order valence-corrected chi connectivity index (χ4v) is 2.15. The van der Waals surface area contributed by atoms with Crippen LogP contribution in [-0.4, -0.2) is 19.0 Å². The molecule has 0 radical (unpaired) electrons. The zero-order valence-electron chi connectivity index (χ0n) is 13.2. The van der Waals surface area contributed by atoms with Crippen molar-refractivity contribution >= 4 is 5.91 Å². The fourth-order valence-electron chi connectivity index (χ4n) is 2.15. The summed E-state index contributed by atoms with van der Waals surface area (Å²) in [5.74, 6) is 1.58. The molecule has 19 heavy (non-hydrogen) atoms. The highest BCUT2D eigenvalue weighted by atomic mass is 16.1. The van der Waals surface area contributed by atoms with Crippen LogP contribution in [0.3, 0.4) is 0 Å². The Morgan fingerprint density at radius 2 is 1.68 bits per heavy atom. The molecular formula is C16H34N2O. The lowest BCUT2D eigenvalue weighted by molar-refractivity contribution is -0.121. The number of nitrogens with one attached hydrogen (secondary N) is 1. The second-order valence-electron chi connectivity index (χ2n) is 6.17. The minimum atomic E-state index is 0.200. The smallest absolute Gasteiger partial charge is 0.220 e. The van der Waals surface area contributed by atoms with Gasteiger partial charge in [0.2, 0.25) is 5.91 Å². The van der Waals surface area contributed by atoms with Gasteiger partial charge < -0.3 is 11.1 Å². The van der Waals surface area contributed by atoms with Gasteiger partial charge >= 0.3 is 0 Å². The molecular weight excluding hydrogens is 236 g/mol. The van der Waals surface area contributed by atoms with Gasteiger partial charge in [0.1, 0.15) is 0 Å². The van der Waals surface area contributed by atoms with E-state index in [1.165, 1.54) is 25.7 Å². The van der Waals surface area contributed by atoms with Crippen molar-refractivity contribution in [3.05, 3.63) is 0 Å². The van der Waals surface area contributed by atoms with Gasteiger partial charge in [-0.1, -0.05) is 46.5 Å². The van der Waals surface area contributed by atoms with E-state index in [0.717, 1.165) is 38.3 Å². The first-order chi connectivity index (χ1) is 9.06. The summed E-state index contributed by atoms with van der Waals surface area (Å²) in [5, 5.41) is 3.01. The average Bonchev–Trinajstić information content (AvgIpc) is 2.35. The number of amides is 1. The van der Waals surface area contributed by atoms with Gasteiger partial charge in [-0.2, -0.15) is 0 Å². The van der Waals surface area contributed by atoms with Crippen molar-refractivity contribution in [3.63, 3.8) is 0 Å². The first-order valence-corrected chi connectivity index (χ1v) is 8.03. The Balaban J connectivity index is 3.29. The van der Waals surface area contributed by atoms with Crippen molar-refractivity contribution in [2.75, 3.05) is 13.1 Å². The number of carbonyl (C=O) groups is 1. The van der Waals surface area contributed by atoms with Crippen molar-refractivity contribution in [3.8, 4) is 0 Å². The lowest BCUT2D eigenvalue weighted by Gasteiger charge is -2.10. The second kappa shape index (κ2) is 12.5. The molecule has 0 aliphatic rings. The Labute approximate surface area is 119 Å². The van der Waals surface area contributed by atoms with E-state index in [1.807, 2.05) is 0 Å². The van der Waals surface area contributed by atoms with Crippen LogP contribution in [0.15, 0.2) is 0 Å². The molecule has 0 rings (SSSR count). The largest absolute Gasteiger partial charge is 0.356 e. The molecule has 0 fully saturated rings. The average molecular weight is 270 g/mol. The van der Waals surface area contributed by atoms with Crippen LogP contribution in [0.2, 0.25) is 0 Å². The molecule has 0 saturated heterocycles. The van der Waals surface area contributed by atoms with Gasteiger partial charge in [0.15, 0.2) is 0 Å². The third-order valence-corrected chi connectivity index (χ3v) is 3.55. The van der Waals surface area contributed by atoms with E-state index in [1.54, 1.807) is 0 Å². The number of rotatable bonds is 12. The molecule has 0 aromatic carbocycles. The molecule has 0 aliphatic heterocycles. The fraction of sp³-hybridized carbons (Fsp3) is 0.938. The molecule has 3 N–H and O–H groups in total. The summed E-state index contributed by atoms with van der Waals surface area (Å²) in [7, 11) is 0. The molecule has 1 atom stereocenters. The van der Waals surface area contributed by atoms with Crippen molar-refractivity contribution in [1.29, 1.82) is 0 Å². The summed E-state index contributed by atoms with van der Waals surface area (Å²) in [5.41, 5.74) is 5.49. The van der Waals surface area contributed by atoms with E-state index in [-0.39, 0.29) is 5.91 Å². The predicted octanol–water partition coefficient (Wildman–Crippen LogP) is 3.47. The quantitative estimate of drug-likeness (QED) is 0.533. The predicted molar refractivity (Wildman–Crippen MR) is 83.0 cm³/mol. The summed E-state index contributed by atoms with van der Waals surface area (Å²) in [6.45, 7) is 8.26. The second-order valence-corrected chi connectivity index (χ2v) is 6.17. The summed E-state index contributed by atoms with van der Waals surface area (Å²) in [6.07, 6.45) is 8.91. The highest BCUT2D eigenvalue weighted by molar-refractivity contribution is 5.75. The zero-order valence-corrected chi connectivity index (χ0v) is 13.2. The number of nitrogens with two attached hydrogens (primary N) is 1. The van der Waals surface area contributed by atoms with Gasteiger partial charge in [-0.3, -0.25) is 4.79 Å². The minimum Gasteiger partial charge on any atom is -0.356 e. The molecule has 0 spiro atoms. The standard InChI is InChI=1S/C16H34N2O/c1-14(2)8-6-4-5-7-13-18-16(19)10-9-15(3)11-12-17/h14-15H,4-13,17H2,1-3H3,(H,18,19). The summed E-state index contributed by atoms with van der Waals surface area (Å²) in [4.78, 5) is 11.6. The van der Waals surface area contributed by atoms with E-state index >= 15 is 0 Å². The van der Waals surface area contributed by atoms with Crippen molar-refractivity contribution in [2.45, 2.75) is 72.1 Å². The lowest BCUT2D eigenvalue weighted by Crippen LogP contribution is -2.24. The van der Waals surface area contributed by atoms with Crippen molar-refractivity contribution in [2.24, 2.45) is 17.6 Å². The zero-order chi connectivity index (χ0) is 14.5. The first kappa shape index (κ1) is 18.4. The maximum atomic E-state index is 11.6. The Hall–Kier alpha value is -0.570. The molecule has 1 amide bonds. The van der Waals surface area contributed by atoms with E-state index in [0.29, 0.717) is 12.3 Å². The van der Waals surface area contributed by atoms with Crippen LogP contribution in [0.4, 0.5) is 0 Å². The monoisotopic (exact) mass is 270 g/mol. The van der Waals surface area contributed by atoms with Gasteiger partial charge in [-0.05, 0) is 37.6 Å². The molecule has 1 unspecified atom stereocenters. The van der Waals surface area contributed by atoms with Gasteiger partial charge in [-0.25, -0.2) is 0 Å². The third kappa shape index (κ3) is 13.7. The molecule has 0 bridgehead atoms. The molecule has 0 saturated carbocycles. The summed E-state index contributed by atoms with van der Waals surface area (Å²) in [6, 6.07) is 0. The highest BCUT2D eigenvalue weighted by Gasteiger charge is 2.05. The third-order valence-electron chi connectivity index (χ3n) is 3.55. The summed E-state index contributed by atoms with van der Waals surface area (Å²) >= 11 is 0. The Morgan fingerprint density at radius 1 is 1.00 bits per heavy atom. The van der Waals surface area contributed by atoms with Gasteiger partial charge in [0.25, 0.3) is 0 Å². The Bertz CT molecular complexity index is 217. The van der Waals surface area contributed by atoms with E-state index < -0.39 is 0 Å². The van der Waals surface area contributed by atoms with Gasteiger partial charge in [-0.15, -0.1) is 0 Å². The number of hydrogen-bond donors (Lipinski definition) is 2. The molecule has 114 valence electrons. The van der Waals surface area contributed by atoms with Gasteiger partial charge in [0.05, 0.1) is 0 Å². The van der Waals surface area contributed by atoms with Crippen molar-refractivity contribution < 1.29 is 4.79 Å². The molecule has 0 aromatic rings. The number of carbonyl (C=O) groups excluding carboxylic acids is 1. The number of hydrogen-bond acceptors (Lipinski definition) is 2. The van der Waals surface area contributed by atoms with Crippen molar-refractivity contribution in [1.82, 2.24) is 5.32 Å². The highest BCUT2D eigenvalue weighted by Crippen LogP contribution is 2.10. The SMILES string of the molecule is CC(C)CCCCCCNC(=O)CCC(C)CCN. The first-order valence-electron chi connectivity index (χ1n) is 8.03. The van der Waals surface area contributed by atoms with Crippen LogP contribution in [0.5, 0.6) is 0 Å². The topological polar surface area (TPSA) is 55.1 Å². The number of unbranched alkanes of at least 4 members (excludes halogenated alkanes) is 3. The maximum absolute atomic E-state index is 11.6. The van der Waals surface area contributed by atoms with Crippen LogP contribution >= 0.6 is 0 Å². The lowest BCUT2D eigenvalue weighted by atomic mass is 10.0. The Kier molecular flexibility index (Phi) is 12.1.